The maximum atomic E-state index is 13.4. The molecule has 0 saturated carbocycles. The van der Waals surface area contributed by atoms with E-state index >= 15 is 0 Å². The molecule has 1 N–H and O–H groups in total. The quantitative estimate of drug-likeness (QED) is 0.834. The number of carbonyl (C=O) groups is 1. The summed E-state index contributed by atoms with van der Waals surface area (Å²) in [6.07, 6.45) is 0. The molecule has 0 unspecified atom stereocenters. The van der Waals surface area contributed by atoms with E-state index in [1.165, 1.54) is 6.07 Å². The molecule has 2 aromatic rings. The second kappa shape index (κ2) is 5.72. The Hall–Kier alpha value is -1.39. The van der Waals surface area contributed by atoms with Crippen LogP contribution in [0.25, 0.3) is 0 Å². The van der Waals surface area contributed by atoms with Gasteiger partial charge in [-0.1, -0.05) is 17.7 Å². The lowest BCUT2D eigenvalue weighted by molar-refractivity contribution is 0.102. The van der Waals surface area contributed by atoms with E-state index in [0.717, 1.165) is 0 Å². The molecule has 0 fully saturated rings. The third-order valence-electron chi connectivity index (χ3n) is 2.69. The summed E-state index contributed by atoms with van der Waals surface area (Å²) in [7, 11) is 0. The van der Waals surface area contributed by atoms with Crippen LogP contribution >= 0.6 is 27.5 Å². The summed E-state index contributed by atoms with van der Waals surface area (Å²) in [6, 6.07) is 9.42. The first-order chi connectivity index (χ1) is 8.99. The molecule has 0 saturated heterocycles. The van der Waals surface area contributed by atoms with Gasteiger partial charge in [-0.2, -0.15) is 0 Å². The lowest BCUT2D eigenvalue weighted by Gasteiger charge is -2.10. The minimum absolute atomic E-state index is 0.322. The van der Waals surface area contributed by atoms with Gasteiger partial charge in [0.25, 0.3) is 5.91 Å². The van der Waals surface area contributed by atoms with Crippen molar-refractivity contribution in [1.82, 2.24) is 0 Å². The molecule has 0 aliphatic carbocycles. The predicted molar refractivity (Wildman–Crippen MR) is 78.2 cm³/mol. The molecule has 1 amide bonds. The van der Waals surface area contributed by atoms with Gasteiger partial charge < -0.3 is 5.32 Å². The number of hydrogen-bond acceptors (Lipinski definition) is 1. The first kappa shape index (κ1) is 14.0. The molecule has 0 atom stereocenters. The van der Waals surface area contributed by atoms with E-state index in [0.29, 0.717) is 26.3 Å². The molecule has 2 aromatic carbocycles. The zero-order valence-electron chi connectivity index (χ0n) is 10.0. The molecule has 2 nitrogen and oxygen atoms in total. The van der Waals surface area contributed by atoms with Crippen molar-refractivity contribution < 1.29 is 9.18 Å². The molecule has 5 heteroatoms. The van der Waals surface area contributed by atoms with Gasteiger partial charge in [0.05, 0.1) is 5.56 Å². The summed E-state index contributed by atoms with van der Waals surface area (Å²) in [5.41, 5.74) is 1.29. The summed E-state index contributed by atoms with van der Waals surface area (Å²) in [5.74, 6) is -0.676. The number of carbonyl (C=O) groups excluding carboxylic acids is 1. The van der Waals surface area contributed by atoms with Gasteiger partial charge in [-0.3, -0.25) is 4.79 Å². The molecular formula is C14H10BrClFNO. The number of halogens is 3. The van der Waals surface area contributed by atoms with E-state index in [2.05, 4.69) is 21.2 Å². The van der Waals surface area contributed by atoms with Gasteiger partial charge in [-0.25, -0.2) is 4.39 Å². The molecule has 98 valence electrons. The molecule has 0 aromatic heterocycles. The van der Waals surface area contributed by atoms with Gasteiger partial charge in [-0.05, 0) is 53.2 Å². The number of benzene rings is 2. The SMILES string of the molecule is Cc1c(F)cccc1NC(=O)c1ccc(Cl)cc1Br. The van der Waals surface area contributed by atoms with Crippen LogP contribution in [0.3, 0.4) is 0 Å². The fourth-order valence-corrected chi connectivity index (χ4v) is 2.47. The van der Waals surface area contributed by atoms with Crippen molar-refractivity contribution >= 4 is 39.1 Å². The molecule has 19 heavy (non-hydrogen) atoms. The zero-order valence-corrected chi connectivity index (χ0v) is 12.3. The Balaban J connectivity index is 2.28. The Morgan fingerprint density at radius 1 is 1.32 bits per heavy atom. The number of hydrogen-bond donors (Lipinski definition) is 1. The molecule has 0 aliphatic heterocycles. The van der Waals surface area contributed by atoms with Crippen molar-refractivity contribution in [3.8, 4) is 0 Å². The molecule has 0 spiro atoms. The normalized spacial score (nSPS) is 10.3. The van der Waals surface area contributed by atoms with E-state index in [1.807, 2.05) is 0 Å². The highest BCUT2D eigenvalue weighted by molar-refractivity contribution is 9.10. The molecule has 0 aliphatic rings. The predicted octanol–water partition coefficient (Wildman–Crippen LogP) is 4.80. The highest BCUT2D eigenvalue weighted by Crippen LogP contribution is 2.24. The Morgan fingerprint density at radius 2 is 2.05 bits per heavy atom. The van der Waals surface area contributed by atoms with E-state index in [4.69, 9.17) is 11.6 Å². The number of rotatable bonds is 2. The van der Waals surface area contributed by atoms with Crippen molar-refractivity contribution in [2.75, 3.05) is 5.32 Å². The fourth-order valence-electron chi connectivity index (χ4n) is 1.61. The van der Waals surface area contributed by atoms with E-state index in [-0.39, 0.29) is 11.7 Å². The lowest BCUT2D eigenvalue weighted by atomic mass is 10.1. The molecule has 0 radical (unpaired) electrons. The fraction of sp³-hybridized carbons (Fsp3) is 0.0714. The smallest absolute Gasteiger partial charge is 0.256 e. The summed E-state index contributed by atoms with van der Waals surface area (Å²) < 4.78 is 14.0. The van der Waals surface area contributed by atoms with E-state index < -0.39 is 0 Å². The van der Waals surface area contributed by atoms with Crippen LogP contribution in [-0.4, -0.2) is 5.91 Å². The third kappa shape index (κ3) is 3.14. The van der Waals surface area contributed by atoms with Crippen molar-refractivity contribution in [3.63, 3.8) is 0 Å². The maximum Gasteiger partial charge on any atom is 0.256 e. The van der Waals surface area contributed by atoms with Crippen molar-refractivity contribution in [1.29, 1.82) is 0 Å². The minimum atomic E-state index is -0.354. The third-order valence-corrected chi connectivity index (χ3v) is 3.58. The Bertz CT molecular complexity index is 645. The van der Waals surface area contributed by atoms with E-state index in [1.54, 1.807) is 37.3 Å². The number of anilines is 1. The second-order valence-electron chi connectivity index (χ2n) is 3.99. The molecule has 0 heterocycles. The molecular weight excluding hydrogens is 333 g/mol. The number of nitrogens with one attached hydrogen (secondary N) is 1. The van der Waals surface area contributed by atoms with Gasteiger partial charge in [-0.15, -0.1) is 0 Å². The maximum absolute atomic E-state index is 13.4. The highest BCUT2D eigenvalue weighted by atomic mass is 79.9. The standard InChI is InChI=1S/C14H10BrClFNO/c1-8-12(17)3-2-4-13(8)18-14(19)10-6-5-9(16)7-11(10)15/h2-7H,1H3,(H,18,19). The summed E-state index contributed by atoms with van der Waals surface area (Å²) in [4.78, 5) is 12.1. The van der Waals surface area contributed by atoms with Gasteiger partial charge in [0.15, 0.2) is 0 Å². The highest BCUT2D eigenvalue weighted by Gasteiger charge is 2.12. The average molecular weight is 343 g/mol. The van der Waals surface area contributed by atoms with Crippen molar-refractivity contribution in [2.24, 2.45) is 0 Å². The Kier molecular flexibility index (Phi) is 4.22. The largest absolute Gasteiger partial charge is 0.322 e. The first-order valence-corrected chi connectivity index (χ1v) is 6.67. The van der Waals surface area contributed by atoms with Gasteiger partial charge in [0.1, 0.15) is 5.82 Å². The van der Waals surface area contributed by atoms with E-state index in [9.17, 15) is 9.18 Å². The van der Waals surface area contributed by atoms with Crippen LogP contribution in [-0.2, 0) is 0 Å². The van der Waals surface area contributed by atoms with Gasteiger partial charge >= 0.3 is 0 Å². The van der Waals surface area contributed by atoms with Crippen LogP contribution in [0.4, 0.5) is 10.1 Å². The summed E-state index contributed by atoms with van der Waals surface area (Å²) >= 11 is 9.09. The monoisotopic (exact) mass is 341 g/mol. The zero-order chi connectivity index (χ0) is 14.0. The summed E-state index contributed by atoms with van der Waals surface area (Å²) in [6.45, 7) is 1.61. The summed E-state index contributed by atoms with van der Waals surface area (Å²) in [5, 5.41) is 3.21. The van der Waals surface area contributed by atoms with Gasteiger partial charge in [0, 0.05) is 20.7 Å². The molecule has 2 rings (SSSR count). The topological polar surface area (TPSA) is 29.1 Å². The lowest BCUT2D eigenvalue weighted by Crippen LogP contribution is -2.13. The average Bonchev–Trinajstić information content (AvgIpc) is 2.34. The Morgan fingerprint density at radius 3 is 2.74 bits per heavy atom. The number of amides is 1. The van der Waals surface area contributed by atoms with Gasteiger partial charge in [0.2, 0.25) is 0 Å². The van der Waals surface area contributed by atoms with Crippen LogP contribution in [0.1, 0.15) is 15.9 Å². The first-order valence-electron chi connectivity index (χ1n) is 5.50. The van der Waals surface area contributed by atoms with Crippen molar-refractivity contribution in [2.45, 2.75) is 6.92 Å². The van der Waals surface area contributed by atoms with Crippen molar-refractivity contribution in [3.05, 3.63) is 62.8 Å². The van der Waals surface area contributed by atoms with Crippen LogP contribution in [0.2, 0.25) is 5.02 Å². The van der Waals surface area contributed by atoms with Crippen LogP contribution in [0.5, 0.6) is 0 Å². The van der Waals surface area contributed by atoms with Crippen LogP contribution < -0.4 is 5.32 Å². The van der Waals surface area contributed by atoms with Crippen LogP contribution in [0.15, 0.2) is 40.9 Å². The van der Waals surface area contributed by atoms with Crippen LogP contribution in [0, 0.1) is 12.7 Å². The second-order valence-corrected chi connectivity index (χ2v) is 5.28. The Labute approximate surface area is 123 Å². The minimum Gasteiger partial charge on any atom is -0.322 e. The molecule has 0 bridgehead atoms.